The zero-order valence-corrected chi connectivity index (χ0v) is 19.0. The van der Waals surface area contributed by atoms with Crippen molar-refractivity contribution in [2.75, 3.05) is 17.6 Å². The number of fused-ring (bicyclic) bond motifs is 1. The van der Waals surface area contributed by atoms with Gasteiger partial charge in [-0.05, 0) is 24.1 Å². The fraction of sp³-hybridized carbons (Fsp3) is 0.304. The monoisotopic (exact) mass is 455 g/mol. The molecule has 6 nitrogen and oxygen atoms in total. The van der Waals surface area contributed by atoms with Crippen LogP contribution in [0.15, 0.2) is 59.5 Å². The SMILES string of the molecule is CCCS(=O)(=O)c1ccccc1C(=O)Nc1nc2c(s1)CN(Cc1ccccc1)CC2. The molecule has 4 rings (SSSR count). The lowest BCUT2D eigenvalue weighted by Crippen LogP contribution is -2.29. The van der Waals surface area contributed by atoms with E-state index in [1.165, 1.54) is 23.0 Å². The summed E-state index contributed by atoms with van der Waals surface area (Å²) < 4.78 is 25.1. The minimum absolute atomic E-state index is 0.0140. The molecule has 0 saturated heterocycles. The van der Waals surface area contributed by atoms with Crippen LogP contribution in [0, 0.1) is 0 Å². The summed E-state index contributed by atoms with van der Waals surface area (Å²) in [6, 6.07) is 16.7. The number of hydrogen-bond donors (Lipinski definition) is 1. The normalized spacial score (nSPS) is 14.2. The standard InChI is InChI=1S/C23H25N3O3S2/c1-2-14-31(28,29)21-11-7-6-10-18(21)22(27)25-23-24-19-12-13-26(16-20(19)30-23)15-17-8-4-3-5-9-17/h3-11H,2,12-16H2,1H3,(H,24,25,27). The van der Waals surface area contributed by atoms with Crippen molar-refractivity contribution in [3.63, 3.8) is 0 Å². The van der Waals surface area contributed by atoms with Gasteiger partial charge in [-0.3, -0.25) is 15.0 Å². The van der Waals surface area contributed by atoms with Gasteiger partial charge >= 0.3 is 0 Å². The molecule has 0 spiro atoms. The largest absolute Gasteiger partial charge is 0.298 e. The Bertz CT molecular complexity index is 1170. The zero-order valence-electron chi connectivity index (χ0n) is 17.4. The van der Waals surface area contributed by atoms with E-state index in [4.69, 9.17) is 0 Å². The zero-order chi connectivity index (χ0) is 21.8. The molecule has 31 heavy (non-hydrogen) atoms. The Kier molecular flexibility index (Phi) is 6.50. The summed E-state index contributed by atoms with van der Waals surface area (Å²) in [5.41, 5.74) is 2.44. The third-order valence-corrected chi connectivity index (χ3v) is 8.19. The van der Waals surface area contributed by atoms with Crippen molar-refractivity contribution in [3.05, 3.63) is 76.3 Å². The maximum atomic E-state index is 12.9. The minimum atomic E-state index is -3.50. The average molecular weight is 456 g/mol. The molecule has 1 aliphatic heterocycles. The van der Waals surface area contributed by atoms with Gasteiger partial charge in [0.05, 0.1) is 21.9 Å². The van der Waals surface area contributed by atoms with Crippen molar-refractivity contribution >= 4 is 32.2 Å². The quantitative estimate of drug-likeness (QED) is 0.579. The molecule has 0 atom stereocenters. The molecular formula is C23H25N3O3S2. The van der Waals surface area contributed by atoms with Crippen LogP contribution < -0.4 is 5.32 Å². The lowest BCUT2D eigenvalue weighted by Gasteiger charge is -2.25. The molecule has 0 aliphatic carbocycles. The molecule has 2 aromatic carbocycles. The van der Waals surface area contributed by atoms with Crippen LogP contribution in [-0.4, -0.2) is 36.5 Å². The van der Waals surface area contributed by atoms with Crippen LogP contribution in [0.1, 0.15) is 39.8 Å². The molecule has 1 aromatic heterocycles. The van der Waals surface area contributed by atoms with Crippen molar-refractivity contribution in [1.82, 2.24) is 9.88 Å². The van der Waals surface area contributed by atoms with E-state index in [1.807, 2.05) is 18.2 Å². The predicted octanol–water partition coefficient (Wildman–Crippen LogP) is 4.14. The van der Waals surface area contributed by atoms with Gasteiger partial charge in [-0.15, -0.1) is 11.3 Å². The van der Waals surface area contributed by atoms with E-state index in [1.54, 1.807) is 25.1 Å². The smallest absolute Gasteiger partial charge is 0.258 e. The molecule has 1 N–H and O–H groups in total. The van der Waals surface area contributed by atoms with E-state index in [9.17, 15) is 13.2 Å². The Morgan fingerprint density at radius 3 is 2.65 bits per heavy atom. The van der Waals surface area contributed by atoms with Crippen molar-refractivity contribution in [3.8, 4) is 0 Å². The molecule has 162 valence electrons. The van der Waals surface area contributed by atoms with Crippen LogP contribution in [0.5, 0.6) is 0 Å². The maximum absolute atomic E-state index is 12.9. The lowest BCUT2D eigenvalue weighted by molar-refractivity contribution is 0.102. The Morgan fingerprint density at radius 2 is 1.87 bits per heavy atom. The van der Waals surface area contributed by atoms with E-state index < -0.39 is 15.7 Å². The van der Waals surface area contributed by atoms with E-state index >= 15 is 0 Å². The molecule has 0 radical (unpaired) electrons. The highest BCUT2D eigenvalue weighted by molar-refractivity contribution is 7.91. The highest BCUT2D eigenvalue weighted by atomic mass is 32.2. The Hall–Kier alpha value is -2.55. The summed E-state index contributed by atoms with van der Waals surface area (Å²) in [4.78, 5) is 21.1. The molecule has 8 heteroatoms. The number of nitrogens with zero attached hydrogens (tertiary/aromatic N) is 2. The van der Waals surface area contributed by atoms with Gasteiger partial charge in [0.2, 0.25) is 0 Å². The van der Waals surface area contributed by atoms with Gasteiger partial charge in [0.25, 0.3) is 5.91 Å². The molecule has 1 amide bonds. The third kappa shape index (κ3) is 5.03. The summed E-state index contributed by atoms with van der Waals surface area (Å²) >= 11 is 1.46. The number of thiazole rings is 1. The van der Waals surface area contributed by atoms with Crippen molar-refractivity contribution in [2.24, 2.45) is 0 Å². The molecule has 0 bridgehead atoms. The summed E-state index contributed by atoms with van der Waals surface area (Å²) in [5.74, 6) is -0.428. The second kappa shape index (κ2) is 9.30. The number of sulfone groups is 1. The van der Waals surface area contributed by atoms with Crippen molar-refractivity contribution in [2.45, 2.75) is 37.8 Å². The summed E-state index contributed by atoms with van der Waals surface area (Å²) in [5, 5.41) is 3.33. The maximum Gasteiger partial charge on any atom is 0.258 e. The molecule has 0 fully saturated rings. The number of aromatic nitrogens is 1. The van der Waals surface area contributed by atoms with E-state index in [0.717, 1.165) is 36.6 Å². The average Bonchev–Trinajstić information content (AvgIpc) is 3.16. The number of benzene rings is 2. The molecular weight excluding hydrogens is 430 g/mol. The first-order valence-electron chi connectivity index (χ1n) is 10.3. The van der Waals surface area contributed by atoms with E-state index in [-0.39, 0.29) is 16.2 Å². The lowest BCUT2D eigenvalue weighted by atomic mass is 10.1. The van der Waals surface area contributed by atoms with Gasteiger partial charge in [-0.1, -0.05) is 49.4 Å². The van der Waals surface area contributed by atoms with Gasteiger partial charge in [0.1, 0.15) is 0 Å². The predicted molar refractivity (Wildman–Crippen MR) is 123 cm³/mol. The molecule has 3 aromatic rings. The van der Waals surface area contributed by atoms with Crippen molar-refractivity contribution in [1.29, 1.82) is 0 Å². The molecule has 0 saturated carbocycles. The van der Waals surface area contributed by atoms with Gasteiger partial charge in [-0.25, -0.2) is 13.4 Å². The summed E-state index contributed by atoms with van der Waals surface area (Å²) in [7, 11) is -3.50. The highest BCUT2D eigenvalue weighted by Gasteiger charge is 2.24. The number of nitrogens with one attached hydrogen (secondary N) is 1. The van der Waals surface area contributed by atoms with Crippen LogP contribution in [-0.2, 0) is 29.3 Å². The number of amides is 1. The number of anilines is 1. The van der Waals surface area contributed by atoms with Gasteiger partial charge in [0.15, 0.2) is 15.0 Å². The topological polar surface area (TPSA) is 79.4 Å². The fourth-order valence-electron chi connectivity index (χ4n) is 3.75. The van der Waals surface area contributed by atoms with Crippen LogP contribution >= 0.6 is 11.3 Å². The molecule has 2 heterocycles. The van der Waals surface area contributed by atoms with E-state index in [0.29, 0.717) is 11.6 Å². The van der Waals surface area contributed by atoms with Crippen molar-refractivity contribution < 1.29 is 13.2 Å². The Morgan fingerprint density at radius 1 is 1.13 bits per heavy atom. The van der Waals surface area contributed by atoms with Gasteiger partial charge in [-0.2, -0.15) is 0 Å². The van der Waals surface area contributed by atoms with Gasteiger partial charge < -0.3 is 0 Å². The van der Waals surface area contributed by atoms with Crippen LogP contribution in [0.25, 0.3) is 0 Å². The number of hydrogen-bond acceptors (Lipinski definition) is 6. The first-order valence-corrected chi connectivity index (χ1v) is 12.8. The second-order valence-corrected chi connectivity index (χ2v) is 10.8. The summed E-state index contributed by atoms with van der Waals surface area (Å²) in [6.45, 7) is 4.39. The van der Waals surface area contributed by atoms with Crippen LogP contribution in [0.3, 0.4) is 0 Å². The highest BCUT2D eigenvalue weighted by Crippen LogP contribution is 2.30. The minimum Gasteiger partial charge on any atom is -0.298 e. The summed E-state index contributed by atoms with van der Waals surface area (Å²) in [6.07, 6.45) is 1.33. The Labute approximate surface area is 186 Å². The van der Waals surface area contributed by atoms with E-state index in [2.05, 4.69) is 27.3 Å². The first kappa shape index (κ1) is 21.7. The molecule has 0 unspecified atom stereocenters. The van der Waals surface area contributed by atoms with Gasteiger partial charge in [0, 0.05) is 30.9 Å². The third-order valence-electron chi connectivity index (χ3n) is 5.22. The first-order chi connectivity index (χ1) is 15.0. The number of carbonyl (C=O) groups is 1. The second-order valence-electron chi connectivity index (χ2n) is 7.60. The fourth-order valence-corrected chi connectivity index (χ4v) is 6.33. The number of rotatable bonds is 7. The van der Waals surface area contributed by atoms with Crippen LogP contribution in [0.4, 0.5) is 5.13 Å². The van der Waals surface area contributed by atoms with Crippen LogP contribution in [0.2, 0.25) is 0 Å². The molecule has 1 aliphatic rings. The number of carbonyl (C=O) groups excluding carboxylic acids is 1. The Balaban J connectivity index is 1.48.